The highest BCUT2D eigenvalue weighted by Gasteiger charge is 2.06. The summed E-state index contributed by atoms with van der Waals surface area (Å²) in [7, 11) is 0. The monoisotopic (exact) mass is 266 g/mol. The van der Waals surface area contributed by atoms with Crippen molar-refractivity contribution in [2.24, 2.45) is 0 Å². The molecule has 0 heterocycles. The van der Waals surface area contributed by atoms with Crippen LogP contribution < -0.4 is 0 Å². The summed E-state index contributed by atoms with van der Waals surface area (Å²) >= 11 is 4.82. The highest BCUT2D eigenvalue weighted by Crippen LogP contribution is 1.95. The van der Waals surface area contributed by atoms with Crippen molar-refractivity contribution >= 4 is 28.8 Å². The summed E-state index contributed by atoms with van der Waals surface area (Å²) in [6.45, 7) is 5.40. The summed E-state index contributed by atoms with van der Waals surface area (Å²) in [5, 5.41) is -0.273. The molecule has 0 unspecified atom stereocenters. The van der Waals surface area contributed by atoms with Crippen molar-refractivity contribution in [3.8, 4) is 0 Å². The SMILES string of the molecule is CCC(=O)Cl.CCCC(=O)OOC(=O)CCC. The lowest BCUT2D eigenvalue weighted by Gasteiger charge is -2.00. The smallest absolute Gasteiger partial charge is 0.281 e. The highest BCUT2D eigenvalue weighted by atomic mass is 35.5. The highest BCUT2D eigenvalue weighted by molar-refractivity contribution is 6.63. The van der Waals surface area contributed by atoms with Crippen LogP contribution in [0.5, 0.6) is 0 Å². The normalized spacial score (nSPS) is 8.71. The second-order valence-corrected chi connectivity index (χ2v) is 3.54. The lowest BCUT2D eigenvalue weighted by Crippen LogP contribution is -2.10. The predicted octanol–water partition coefficient (Wildman–Crippen LogP) is 2.75. The zero-order chi connectivity index (χ0) is 13.7. The van der Waals surface area contributed by atoms with Gasteiger partial charge in [0.25, 0.3) is 0 Å². The zero-order valence-electron chi connectivity index (χ0n) is 10.5. The number of carbonyl (C=O) groups is 3. The Morgan fingerprint density at radius 3 is 1.35 bits per heavy atom. The zero-order valence-corrected chi connectivity index (χ0v) is 11.2. The van der Waals surface area contributed by atoms with Gasteiger partial charge in [-0.1, -0.05) is 20.8 Å². The number of carbonyl (C=O) groups excluding carboxylic acids is 3. The lowest BCUT2D eigenvalue weighted by atomic mass is 10.3. The Morgan fingerprint density at radius 2 is 1.18 bits per heavy atom. The number of hydrogen-bond donors (Lipinski definition) is 0. The van der Waals surface area contributed by atoms with Crippen LogP contribution in [0.4, 0.5) is 0 Å². The number of rotatable bonds is 5. The van der Waals surface area contributed by atoms with E-state index in [0.717, 1.165) is 0 Å². The second kappa shape index (κ2) is 13.0. The van der Waals surface area contributed by atoms with E-state index in [4.69, 9.17) is 11.6 Å². The van der Waals surface area contributed by atoms with Gasteiger partial charge in [-0.2, -0.15) is 0 Å². The summed E-state index contributed by atoms with van der Waals surface area (Å²) in [6, 6.07) is 0. The van der Waals surface area contributed by atoms with Gasteiger partial charge < -0.3 is 0 Å². The molecule has 0 aliphatic rings. The number of hydrogen-bond acceptors (Lipinski definition) is 5. The van der Waals surface area contributed by atoms with Gasteiger partial charge >= 0.3 is 11.9 Å². The van der Waals surface area contributed by atoms with Crippen LogP contribution in [0.3, 0.4) is 0 Å². The predicted molar refractivity (Wildman–Crippen MR) is 63.2 cm³/mol. The Labute approximate surface area is 106 Å². The third-order valence-corrected chi connectivity index (χ3v) is 1.68. The summed E-state index contributed by atoms with van der Waals surface area (Å²) < 4.78 is 0. The van der Waals surface area contributed by atoms with Crippen LogP contribution in [-0.2, 0) is 24.2 Å². The Balaban J connectivity index is 0. The van der Waals surface area contributed by atoms with E-state index in [1.807, 2.05) is 13.8 Å². The van der Waals surface area contributed by atoms with Crippen LogP contribution in [0.1, 0.15) is 52.9 Å². The largest absolute Gasteiger partial charge is 0.355 e. The minimum absolute atomic E-state index is 0.273. The molecular formula is C11H19ClO5. The average molecular weight is 267 g/mol. The summed E-state index contributed by atoms with van der Waals surface area (Å²) in [4.78, 5) is 39.3. The molecule has 0 bridgehead atoms. The molecule has 100 valence electrons. The first-order valence-electron chi connectivity index (χ1n) is 5.56. The first kappa shape index (κ1) is 18.3. The molecule has 0 amide bonds. The van der Waals surface area contributed by atoms with Crippen molar-refractivity contribution in [1.82, 2.24) is 0 Å². The van der Waals surface area contributed by atoms with E-state index in [9.17, 15) is 14.4 Å². The van der Waals surface area contributed by atoms with Crippen molar-refractivity contribution in [3.05, 3.63) is 0 Å². The van der Waals surface area contributed by atoms with Gasteiger partial charge in [0, 0.05) is 19.3 Å². The van der Waals surface area contributed by atoms with Gasteiger partial charge in [0.15, 0.2) is 0 Å². The van der Waals surface area contributed by atoms with Gasteiger partial charge in [-0.15, -0.1) is 0 Å². The van der Waals surface area contributed by atoms with Crippen molar-refractivity contribution in [1.29, 1.82) is 0 Å². The summed E-state index contributed by atoms with van der Waals surface area (Å²) in [5.41, 5.74) is 0. The maximum atomic E-state index is 10.7. The first-order valence-corrected chi connectivity index (χ1v) is 5.94. The minimum Gasteiger partial charge on any atom is -0.281 e. The maximum Gasteiger partial charge on any atom is 0.355 e. The molecule has 0 fully saturated rings. The molecule has 0 atom stereocenters. The van der Waals surface area contributed by atoms with Gasteiger partial charge in [0.2, 0.25) is 5.24 Å². The van der Waals surface area contributed by atoms with Gasteiger partial charge in [-0.05, 0) is 24.4 Å². The van der Waals surface area contributed by atoms with E-state index in [2.05, 4.69) is 9.78 Å². The van der Waals surface area contributed by atoms with Crippen LogP contribution in [-0.4, -0.2) is 17.2 Å². The van der Waals surface area contributed by atoms with Crippen LogP contribution in [0, 0.1) is 0 Å². The third-order valence-electron chi connectivity index (χ3n) is 1.41. The topological polar surface area (TPSA) is 69.7 Å². The van der Waals surface area contributed by atoms with Crippen LogP contribution in [0.2, 0.25) is 0 Å². The first-order chi connectivity index (χ1) is 7.97. The van der Waals surface area contributed by atoms with Crippen molar-refractivity contribution in [3.63, 3.8) is 0 Å². The molecule has 0 saturated heterocycles. The molecule has 0 saturated carbocycles. The van der Waals surface area contributed by atoms with Crippen molar-refractivity contribution in [2.75, 3.05) is 0 Å². The van der Waals surface area contributed by atoms with E-state index < -0.39 is 11.9 Å². The molecule has 6 heteroatoms. The Kier molecular flexibility index (Phi) is 13.9. The summed E-state index contributed by atoms with van der Waals surface area (Å²) in [6.07, 6.45) is 2.36. The molecule has 0 aromatic rings. The fourth-order valence-corrected chi connectivity index (χ4v) is 0.585. The summed E-state index contributed by atoms with van der Waals surface area (Å²) in [5.74, 6) is -0.996. The third kappa shape index (κ3) is 17.5. The molecule has 0 aliphatic carbocycles. The van der Waals surface area contributed by atoms with Gasteiger partial charge in [-0.3, -0.25) is 4.79 Å². The van der Waals surface area contributed by atoms with Crippen molar-refractivity contribution < 1.29 is 24.2 Å². The van der Waals surface area contributed by atoms with E-state index in [-0.39, 0.29) is 18.1 Å². The Bertz CT molecular complexity index is 222. The molecule has 0 aromatic heterocycles. The average Bonchev–Trinajstić information content (AvgIpc) is 2.28. The molecule has 0 spiro atoms. The van der Waals surface area contributed by atoms with E-state index in [1.54, 1.807) is 6.92 Å². The molecule has 0 aliphatic heterocycles. The molecule has 0 rings (SSSR count). The Morgan fingerprint density at radius 1 is 0.882 bits per heavy atom. The van der Waals surface area contributed by atoms with Gasteiger partial charge in [-0.25, -0.2) is 19.4 Å². The Hall–Kier alpha value is -1.10. The molecular weight excluding hydrogens is 248 g/mol. The lowest BCUT2D eigenvalue weighted by molar-refractivity contribution is -0.259. The quantitative estimate of drug-likeness (QED) is 0.435. The molecule has 0 N–H and O–H groups in total. The van der Waals surface area contributed by atoms with Gasteiger partial charge in [0.05, 0.1) is 0 Å². The van der Waals surface area contributed by atoms with Crippen LogP contribution in [0.15, 0.2) is 0 Å². The molecule has 0 radical (unpaired) electrons. The van der Waals surface area contributed by atoms with Crippen molar-refractivity contribution in [2.45, 2.75) is 52.9 Å². The van der Waals surface area contributed by atoms with E-state index >= 15 is 0 Å². The minimum atomic E-state index is -0.498. The van der Waals surface area contributed by atoms with Gasteiger partial charge in [0.1, 0.15) is 0 Å². The van der Waals surface area contributed by atoms with E-state index in [0.29, 0.717) is 19.3 Å². The second-order valence-electron chi connectivity index (χ2n) is 3.12. The van der Waals surface area contributed by atoms with Crippen LogP contribution >= 0.6 is 11.6 Å². The standard InChI is InChI=1S/C8H14O4.C3H5ClO/c1-3-5-7(9)11-12-8(10)6-4-2;1-2-3(4)5/h3-6H2,1-2H3;2H2,1H3. The number of halogens is 1. The fraction of sp³-hybridized carbons (Fsp3) is 0.727. The molecule has 5 nitrogen and oxygen atoms in total. The maximum absolute atomic E-state index is 10.7. The molecule has 17 heavy (non-hydrogen) atoms. The van der Waals surface area contributed by atoms with Crippen LogP contribution in [0.25, 0.3) is 0 Å². The molecule has 0 aromatic carbocycles. The fourth-order valence-electron chi connectivity index (χ4n) is 0.585. The van der Waals surface area contributed by atoms with E-state index in [1.165, 1.54) is 0 Å².